The van der Waals surface area contributed by atoms with E-state index in [1.54, 1.807) is 36.4 Å². The molecule has 0 bridgehead atoms. The molecule has 2 aromatic rings. The van der Waals surface area contributed by atoms with Crippen LogP contribution >= 0.6 is 0 Å². The molecule has 26 heavy (non-hydrogen) atoms. The van der Waals surface area contributed by atoms with E-state index in [-0.39, 0.29) is 11.6 Å². The quantitative estimate of drug-likeness (QED) is 0.557. The minimum absolute atomic E-state index is 0.208. The molecule has 0 radical (unpaired) electrons. The summed E-state index contributed by atoms with van der Waals surface area (Å²) in [4.78, 5) is 34.2. The van der Waals surface area contributed by atoms with Crippen molar-refractivity contribution in [2.75, 3.05) is 0 Å². The molecule has 0 atom stereocenters. The van der Waals surface area contributed by atoms with Crippen LogP contribution in [0.15, 0.2) is 46.4 Å². The standard InChI is InChI=1S/C20H20N4O2/c1-3-17(21)23-11-5-7-13-15(9-11)19(25)14-8-6-12(24-18(22)4-2)10-16(14)20(13)26/h5-10H,3-4H2,1-2H3,(H2,21,23)(H2,22,24). The molecule has 1 aliphatic rings. The number of nitrogens with zero attached hydrogens (tertiary/aromatic N) is 2. The van der Waals surface area contributed by atoms with E-state index >= 15 is 0 Å². The van der Waals surface area contributed by atoms with E-state index in [4.69, 9.17) is 11.5 Å². The van der Waals surface area contributed by atoms with Crippen LogP contribution in [0.5, 0.6) is 0 Å². The van der Waals surface area contributed by atoms with Gasteiger partial charge in [0.1, 0.15) is 0 Å². The lowest BCUT2D eigenvalue weighted by Crippen LogP contribution is -2.20. The largest absolute Gasteiger partial charge is 0.387 e. The van der Waals surface area contributed by atoms with Crippen molar-refractivity contribution in [1.29, 1.82) is 0 Å². The van der Waals surface area contributed by atoms with Gasteiger partial charge < -0.3 is 11.5 Å². The van der Waals surface area contributed by atoms with Crippen LogP contribution in [0.1, 0.15) is 58.5 Å². The normalized spacial score (nSPS) is 14.2. The van der Waals surface area contributed by atoms with Crippen LogP contribution in [0, 0.1) is 0 Å². The lowest BCUT2D eigenvalue weighted by Gasteiger charge is -2.18. The second-order valence-electron chi connectivity index (χ2n) is 6.03. The van der Waals surface area contributed by atoms with E-state index in [0.29, 0.717) is 58.1 Å². The number of ketones is 2. The summed E-state index contributed by atoms with van der Waals surface area (Å²) in [5.41, 5.74) is 14.1. The van der Waals surface area contributed by atoms with E-state index in [1.807, 2.05) is 13.8 Å². The van der Waals surface area contributed by atoms with E-state index in [9.17, 15) is 9.59 Å². The highest BCUT2D eigenvalue weighted by atomic mass is 16.1. The third-order valence-electron chi connectivity index (χ3n) is 4.25. The first-order valence-electron chi connectivity index (χ1n) is 8.48. The van der Waals surface area contributed by atoms with Gasteiger partial charge in [-0.25, -0.2) is 9.98 Å². The number of rotatable bonds is 4. The fraction of sp³-hybridized carbons (Fsp3) is 0.200. The van der Waals surface area contributed by atoms with Crippen molar-refractivity contribution >= 4 is 34.6 Å². The molecular formula is C20H20N4O2. The molecule has 132 valence electrons. The van der Waals surface area contributed by atoms with Crippen molar-refractivity contribution in [3.8, 4) is 0 Å². The maximum atomic E-state index is 12.9. The first kappa shape index (κ1) is 17.5. The molecule has 0 aliphatic heterocycles. The minimum Gasteiger partial charge on any atom is -0.387 e. The summed E-state index contributed by atoms with van der Waals surface area (Å²) in [6, 6.07) is 9.85. The topological polar surface area (TPSA) is 111 Å². The van der Waals surface area contributed by atoms with Crippen molar-refractivity contribution in [2.24, 2.45) is 21.5 Å². The van der Waals surface area contributed by atoms with Gasteiger partial charge in [0.2, 0.25) is 0 Å². The van der Waals surface area contributed by atoms with E-state index < -0.39 is 0 Å². The van der Waals surface area contributed by atoms with Crippen LogP contribution in [0.25, 0.3) is 0 Å². The second-order valence-corrected chi connectivity index (χ2v) is 6.03. The highest BCUT2D eigenvalue weighted by molar-refractivity contribution is 6.28. The minimum atomic E-state index is -0.208. The van der Waals surface area contributed by atoms with Gasteiger partial charge in [0.25, 0.3) is 0 Å². The predicted octanol–water partition coefficient (Wildman–Crippen LogP) is 3.26. The highest BCUT2D eigenvalue weighted by Crippen LogP contribution is 2.32. The smallest absolute Gasteiger partial charge is 0.194 e. The van der Waals surface area contributed by atoms with Gasteiger partial charge >= 0.3 is 0 Å². The van der Waals surface area contributed by atoms with Crippen LogP contribution in [0.4, 0.5) is 11.4 Å². The van der Waals surface area contributed by atoms with Crippen LogP contribution in [0.2, 0.25) is 0 Å². The number of carbonyl (C=O) groups excluding carboxylic acids is 2. The van der Waals surface area contributed by atoms with Crippen molar-refractivity contribution < 1.29 is 9.59 Å². The van der Waals surface area contributed by atoms with E-state index in [1.165, 1.54) is 0 Å². The number of aliphatic imine (C=N–C) groups is 2. The van der Waals surface area contributed by atoms with Gasteiger partial charge in [-0.15, -0.1) is 0 Å². The van der Waals surface area contributed by atoms with Gasteiger partial charge in [-0.05, 0) is 36.4 Å². The summed E-state index contributed by atoms with van der Waals surface area (Å²) in [6.07, 6.45) is 1.22. The van der Waals surface area contributed by atoms with Gasteiger partial charge in [-0.2, -0.15) is 0 Å². The Morgan fingerprint density at radius 1 is 0.731 bits per heavy atom. The third kappa shape index (κ3) is 3.13. The molecule has 3 rings (SSSR count). The molecule has 0 aromatic heterocycles. The van der Waals surface area contributed by atoms with Gasteiger partial charge in [-0.1, -0.05) is 13.8 Å². The SMILES string of the molecule is CCC(N)=Nc1ccc2c(c1)C(=O)c1ccc(N=C(N)CC)cc1C2=O. The molecule has 6 heteroatoms. The molecule has 6 nitrogen and oxygen atoms in total. The third-order valence-corrected chi connectivity index (χ3v) is 4.25. The fourth-order valence-corrected chi connectivity index (χ4v) is 2.76. The molecule has 1 aliphatic carbocycles. The Morgan fingerprint density at radius 2 is 1.12 bits per heavy atom. The number of amidine groups is 2. The van der Waals surface area contributed by atoms with Crippen molar-refractivity contribution in [3.63, 3.8) is 0 Å². The number of hydrogen-bond donors (Lipinski definition) is 2. The Balaban J connectivity index is 2.08. The lowest BCUT2D eigenvalue weighted by molar-refractivity contribution is 0.0979. The Morgan fingerprint density at radius 3 is 1.46 bits per heavy atom. The predicted molar refractivity (Wildman–Crippen MR) is 103 cm³/mol. The van der Waals surface area contributed by atoms with Crippen molar-refractivity contribution in [3.05, 3.63) is 58.7 Å². The van der Waals surface area contributed by atoms with E-state index in [2.05, 4.69) is 9.98 Å². The molecule has 0 saturated carbocycles. The Bertz CT molecular complexity index is 894. The molecule has 4 N–H and O–H groups in total. The van der Waals surface area contributed by atoms with Crippen LogP contribution < -0.4 is 11.5 Å². The summed E-state index contributed by atoms with van der Waals surface area (Å²) >= 11 is 0. The summed E-state index contributed by atoms with van der Waals surface area (Å²) in [7, 11) is 0. The van der Waals surface area contributed by atoms with Gasteiger partial charge in [0.15, 0.2) is 11.6 Å². The van der Waals surface area contributed by atoms with E-state index in [0.717, 1.165) is 0 Å². The summed E-state index contributed by atoms with van der Waals surface area (Å²) in [6.45, 7) is 3.79. The van der Waals surface area contributed by atoms with Crippen LogP contribution in [-0.2, 0) is 0 Å². The molecule has 0 saturated heterocycles. The summed E-state index contributed by atoms with van der Waals surface area (Å²) < 4.78 is 0. The fourth-order valence-electron chi connectivity index (χ4n) is 2.76. The van der Waals surface area contributed by atoms with Gasteiger partial charge in [0, 0.05) is 35.1 Å². The van der Waals surface area contributed by atoms with Crippen molar-refractivity contribution in [1.82, 2.24) is 0 Å². The zero-order chi connectivity index (χ0) is 18.8. The first-order chi connectivity index (χ1) is 12.4. The second kappa shape index (κ2) is 6.92. The zero-order valence-corrected chi connectivity index (χ0v) is 14.7. The lowest BCUT2D eigenvalue weighted by atomic mass is 9.83. The Hall–Kier alpha value is -3.28. The maximum absolute atomic E-state index is 12.9. The number of carbonyl (C=O) groups is 2. The number of benzene rings is 2. The number of fused-ring (bicyclic) bond motifs is 2. The molecule has 0 amide bonds. The molecule has 0 spiro atoms. The van der Waals surface area contributed by atoms with Crippen LogP contribution in [-0.4, -0.2) is 23.2 Å². The number of hydrogen-bond acceptors (Lipinski definition) is 4. The molecule has 2 aromatic carbocycles. The highest BCUT2D eigenvalue weighted by Gasteiger charge is 2.30. The Labute approximate surface area is 151 Å². The van der Waals surface area contributed by atoms with Crippen molar-refractivity contribution in [2.45, 2.75) is 26.7 Å². The summed E-state index contributed by atoms with van der Waals surface area (Å²) in [5.74, 6) is 0.522. The average Bonchev–Trinajstić information content (AvgIpc) is 2.65. The molecular weight excluding hydrogens is 328 g/mol. The summed E-state index contributed by atoms with van der Waals surface area (Å²) in [5, 5.41) is 0. The first-order valence-corrected chi connectivity index (χ1v) is 8.48. The maximum Gasteiger partial charge on any atom is 0.194 e. The Kier molecular flexibility index (Phi) is 4.67. The molecule has 0 heterocycles. The molecule has 0 unspecified atom stereocenters. The van der Waals surface area contributed by atoms with Gasteiger partial charge in [0.05, 0.1) is 23.0 Å². The average molecular weight is 348 g/mol. The monoisotopic (exact) mass is 348 g/mol. The van der Waals surface area contributed by atoms with Gasteiger partial charge in [-0.3, -0.25) is 9.59 Å². The zero-order valence-electron chi connectivity index (χ0n) is 14.7. The van der Waals surface area contributed by atoms with Crippen LogP contribution in [0.3, 0.4) is 0 Å². The molecule has 0 fully saturated rings. The number of nitrogens with two attached hydrogens (primary N) is 2.